The molecule has 0 aromatic heterocycles. The molecule has 3 atom stereocenters. The number of nitrogens with zero attached hydrogens (tertiary/aromatic N) is 1. The highest BCUT2D eigenvalue weighted by Gasteiger charge is 2.35. The second-order valence-corrected chi connectivity index (χ2v) is 7.54. The number of hydrogen-bond donors (Lipinski definition) is 1. The van der Waals surface area contributed by atoms with Crippen LogP contribution in [0.25, 0.3) is 0 Å². The van der Waals surface area contributed by atoms with Crippen molar-refractivity contribution in [2.75, 3.05) is 19.8 Å². The van der Waals surface area contributed by atoms with Gasteiger partial charge in [0.05, 0.1) is 25.4 Å². The van der Waals surface area contributed by atoms with Gasteiger partial charge in [-0.05, 0) is 33.1 Å². The molecule has 1 aliphatic rings. The van der Waals surface area contributed by atoms with E-state index in [0.717, 1.165) is 12.8 Å². The molecule has 0 aromatic carbocycles. The van der Waals surface area contributed by atoms with Gasteiger partial charge in [-0.25, -0.2) is 4.79 Å². The summed E-state index contributed by atoms with van der Waals surface area (Å²) in [6.07, 6.45) is 4.33. The van der Waals surface area contributed by atoms with Crippen LogP contribution >= 0.6 is 0 Å². The van der Waals surface area contributed by atoms with Gasteiger partial charge in [0.1, 0.15) is 5.60 Å². The molecule has 1 rings (SSSR count). The lowest BCUT2D eigenvalue weighted by molar-refractivity contribution is -0.0709. The molecule has 1 amide bonds. The van der Waals surface area contributed by atoms with E-state index < -0.39 is 11.7 Å². The largest absolute Gasteiger partial charge is 0.444 e. The highest BCUT2D eigenvalue weighted by Crippen LogP contribution is 2.24. The normalized spacial score (nSPS) is 21.8. The van der Waals surface area contributed by atoms with Crippen LogP contribution in [0.2, 0.25) is 0 Å². The number of hydrogen-bond acceptors (Lipinski definition) is 4. The SMILES string of the molecule is CCCCC(CC)CC(O)C1COCCN1C(=O)OC(C)(C)C. The molecule has 5 nitrogen and oxygen atoms in total. The highest BCUT2D eigenvalue weighted by atomic mass is 16.6. The number of aliphatic hydroxyl groups excluding tert-OH is 1. The van der Waals surface area contributed by atoms with Gasteiger partial charge in [0, 0.05) is 6.54 Å². The molecule has 1 heterocycles. The van der Waals surface area contributed by atoms with Crippen molar-refractivity contribution in [3.05, 3.63) is 0 Å². The first-order chi connectivity index (χ1) is 10.8. The van der Waals surface area contributed by atoms with E-state index in [1.165, 1.54) is 12.8 Å². The molecular formula is C18H35NO4. The third kappa shape index (κ3) is 7.08. The molecule has 23 heavy (non-hydrogen) atoms. The molecule has 5 heteroatoms. The Morgan fingerprint density at radius 2 is 2.09 bits per heavy atom. The van der Waals surface area contributed by atoms with E-state index in [0.29, 0.717) is 32.1 Å². The van der Waals surface area contributed by atoms with Crippen molar-refractivity contribution in [3.63, 3.8) is 0 Å². The van der Waals surface area contributed by atoms with Crippen LogP contribution in [0.15, 0.2) is 0 Å². The van der Waals surface area contributed by atoms with Crippen LogP contribution in [0.1, 0.15) is 66.7 Å². The molecule has 0 aromatic rings. The lowest BCUT2D eigenvalue weighted by Gasteiger charge is -2.39. The van der Waals surface area contributed by atoms with Crippen LogP contribution in [-0.2, 0) is 9.47 Å². The molecule has 0 radical (unpaired) electrons. The smallest absolute Gasteiger partial charge is 0.410 e. The zero-order valence-electron chi connectivity index (χ0n) is 15.5. The molecule has 0 aliphatic carbocycles. The summed E-state index contributed by atoms with van der Waals surface area (Å²) in [6, 6.07) is -0.311. The molecule has 0 spiro atoms. The number of unbranched alkanes of at least 4 members (excludes halogenated alkanes) is 1. The van der Waals surface area contributed by atoms with Crippen molar-refractivity contribution in [2.45, 2.75) is 84.5 Å². The van der Waals surface area contributed by atoms with E-state index in [2.05, 4.69) is 13.8 Å². The van der Waals surface area contributed by atoms with E-state index >= 15 is 0 Å². The van der Waals surface area contributed by atoms with E-state index in [9.17, 15) is 9.90 Å². The number of ether oxygens (including phenoxy) is 2. The number of carbonyl (C=O) groups is 1. The Hall–Kier alpha value is -0.810. The number of rotatable bonds is 7. The fourth-order valence-corrected chi connectivity index (χ4v) is 2.97. The van der Waals surface area contributed by atoms with E-state index in [1.54, 1.807) is 4.90 Å². The Kier molecular flexibility index (Phi) is 8.34. The summed E-state index contributed by atoms with van der Waals surface area (Å²) in [5.74, 6) is 0.493. The molecular weight excluding hydrogens is 294 g/mol. The summed E-state index contributed by atoms with van der Waals surface area (Å²) >= 11 is 0. The minimum Gasteiger partial charge on any atom is -0.444 e. The maximum atomic E-state index is 12.4. The number of amides is 1. The van der Waals surface area contributed by atoms with E-state index in [1.807, 2.05) is 20.8 Å². The molecule has 0 saturated carbocycles. The third-order valence-electron chi connectivity index (χ3n) is 4.36. The number of carbonyl (C=O) groups excluding carboxylic acids is 1. The maximum absolute atomic E-state index is 12.4. The summed E-state index contributed by atoms with van der Waals surface area (Å²) in [5.41, 5.74) is -0.530. The maximum Gasteiger partial charge on any atom is 0.410 e. The molecule has 0 bridgehead atoms. The fraction of sp³-hybridized carbons (Fsp3) is 0.944. The Morgan fingerprint density at radius 1 is 1.39 bits per heavy atom. The zero-order valence-corrected chi connectivity index (χ0v) is 15.5. The van der Waals surface area contributed by atoms with Gasteiger partial charge in [0.2, 0.25) is 0 Å². The Morgan fingerprint density at radius 3 is 2.65 bits per heavy atom. The molecule has 1 N–H and O–H groups in total. The van der Waals surface area contributed by atoms with Crippen molar-refractivity contribution >= 4 is 6.09 Å². The van der Waals surface area contributed by atoms with Gasteiger partial charge in [-0.15, -0.1) is 0 Å². The summed E-state index contributed by atoms with van der Waals surface area (Å²) in [7, 11) is 0. The predicted molar refractivity (Wildman–Crippen MR) is 91.5 cm³/mol. The minimum absolute atomic E-state index is 0.311. The van der Waals surface area contributed by atoms with Crippen molar-refractivity contribution in [1.29, 1.82) is 0 Å². The lowest BCUT2D eigenvalue weighted by Crippen LogP contribution is -2.55. The Labute approximate surface area is 141 Å². The summed E-state index contributed by atoms with van der Waals surface area (Å²) in [4.78, 5) is 14.0. The summed E-state index contributed by atoms with van der Waals surface area (Å²) in [5, 5.41) is 10.7. The zero-order chi connectivity index (χ0) is 17.5. The van der Waals surface area contributed by atoms with Crippen LogP contribution in [0.3, 0.4) is 0 Å². The van der Waals surface area contributed by atoms with Crippen LogP contribution in [0.4, 0.5) is 4.79 Å². The van der Waals surface area contributed by atoms with Gasteiger partial charge in [-0.2, -0.15) is 0 Å². The van der Waals surface area contributed by atoms with Gasteiger partial charge < -0.3 is 14.6 Å². The van der Waals surface area contributed by atoms with Crippen LogP contribution < -0.4 is 0 Å². The summed E-state index contributed by atoms with van der Waals surface area (Å²) < 4.78 is 11.0. The van der Waals surface area contributed by atoms with Crippen molar-refractivity contribution in [1.82, 2.24) is 4.90 Å². The first kappa shape index (κ1) is 20.2. The third-order valence-corrected chi connectivity index (χ3v) is 4.36. The van der Waals surface area contributed by atoms with E-state index in [-0.39, 0.29) is 12.1 Å². The first-order valence-electron chi connectivity index (χ1n) is 9.03. The van der Waals surface area contributed by atoms with Gasteiger partial charge in [0.25, 0.3) is 0 Å². The standard InChI is InChI=1S/C18H35NO4/c1-6-8-9-14(7-2)12-16(20)15-13-22-11-10-19(15)17(21)23-18(3,4)5/h14-16,20H,6-13H2,1-5H3. The van der Waals surface area contributed by atoms with Crippen LogP contribution in [-0.4, -0.2) is 53.6 Å². The van der Waals surface area contributed by atoms with Crippen molar-refractivity contribution in [2.24, 2.45) is 5.92 Å². The minimum atomic E-state index is -0.565. The number of morpholine rings is 1. The van der Waals surface area contributed by atoms with E-state index in [4.69, 9.17) is 9.47 Å². The molecule has 3 unspecified atom stereocenters. The average Bonchev–Trinajstić information content (AvgIpc) is 2.49. The van der Waals surface area contributed by atoms with Crippen LogP contribution in [0, 0.1) is 5.92 Å². The topological polar surface area (TPSA) is 59.0 Å². The van der Waals surface area contributed by atoms with Gasteiger partial charge in [-0.3, -0.25) is 4.90 Å². The van der Waals surface area contributed by atoms with Crippen molar-refractivity contribution in [3.8, 4) is 0 Å². The molecule has 1 aliphatic heterocycles. The monoisotopic (exact) mass is 329 g/mol. The predicted octanol–water partition coefficient (Wildman–Crippen LogP) is 3.59. The van der Waals surface area contributed by atoms with Crippen molar-refractivity contribution < 1.29 is 19.4 Å². The van der Waals surface area contributed by atoms with Gasteiger partial charge in [-0.1, -0.05) is 39.5 Å². The number of aliphatic hydroxyl groups is 1. The lowest BCUT2D eigenvalue weighted by atomic mass is 9.90. The average molecular weight is 329 g/mol. The molecule has 1 fully saturated rings. The van der Waals surface area contributed by atoms with Gasteiger partial charge >= 0.3 is 6.09 Å². The second-order valence-electron chi connectivity index (χ2n) is 7.54. The Bertz CT molecular complexity index is 353. The van der Waals surface area contributed by atoms with Crippen LogP contribution in [0.5, 0.6) is 0 Å². The quantitative estimate of drug-likeness (QED) is 0.775. The molecule has 136 valence electrons. The molecule has 1 saturated heterocycles. The fourth-order valence-electron chi connectivity index (χ4n) is 2.97. The first-order valence-corrected chi connectivity index (χ1v) is 9.03. The summed E-state index contributed by atoms with van der Waals surface area (Å²) in [6.45, 7) is 11.3. The second kappa shape index (κ2) is 9.48. The Balaban J connectivity index is 2.66. The van der Waals surface area contributed by atoms with Gasteiger partial charge in [0.15, 0.2) is 0 Å². The highest BCUT2D eigenvalue weighted by molar-refractivity contribution is 5.68.